The molecule has 1 aliphatic rings. The van der Waals surface area contributed by atoms with E-state index in [9.17, 15) is 36.7 Å². The van der Waals surface area contributed by atoms with Crippen molar-refractivity contribution in [1.29, 1.82) is 0 Å². The molecule has 4 aromatic rings. The van der Waals surface area contributed by atoms with Gasteiger partial charge in [0.05, 0.1) is 18.7 Å². The first-order valence-electron chi connectivity index (χ1n) is 15.8. The molecule has 264 valence electrons. The fourth-order valence-corrected chi connectivity index (χ4v) is 6.10. The van der Waals surface area contributed by atoms with E-state index in [0.29, 0.717) is 43.9 Å². The minimum absolute atomic E-state index is 0.0921. The Morgan fingerprint density at radius 2 is 1.60 bits per heavy atom. The van der Waals surface area contributed by atoms with E-state index < -0.39 is 65.4 Å². The lowest BCUT2D eigenvalue weighted by Gasteiger charge is -2.37. The molecule has 1 fully saturated rings. The molecule has 1 amide bonds. The highest BCUT2D eigenvalue weighted by atomic mass is 19.4. The number of carboxylic acids is 1. The third kappa shape index (κ3) is 8.12. The summed E-state index contributed by atoms with van der Waals surface area (Å²) in [4.78, 5) is 54.9. The number of nitrogens with zero attached hydrogens (tertiary/aromatic N) is 4. The van der Waals surface area contributed by atoms with E-state index >= 15 is 0 Å². The SMILES string of the molecule is Cc1c(N2CCN(Cc3cccc(C(=O)NCC(=O)O)c3)CC2)c(=O)n(CC(N)c2ccccc2)c(=O)n1Cc1c(F)cccc1C(F)(F)F. The molecular weight excluding hydrogens is 660 g/mol. The zero-order valence-corrected chi connectivity index (χ0v) is 27.1. The Morgan fingerprint density at radius 3 is 2.26 bits per heavy atom. The van der Waals surface area contributed by atoms with Gasteiger partial charge in [0.25, 0.3) is 11.5 Å². The molecule has 1 saturated heterocycles. The molecule has 0 aliphatic carbocycles. The lowest BCUT2D eigenvalue weighted by atomic mass is 10.1. The van der Waals surface area contributed by atoms with Gasteiger partial charge < -0.3 is 21.1 Å². The number of amides is 1. The fourth-order valence-electron chi connectivity index (χ4n) is 6.10. The number of aliphatic carboxylic acids is 1. The second-order valence-electron chi connectivity index (χ2n) is 12.0. The molecule has 4 N–H and O–H groups in total. The van der Waals surface area contributed by atoms with Crippen LogP contribution in [-0.2, 0) is 30.6 Å². The predicted octanol–water partition coefficient (Wildman–Crippen LogP) is 3.36. The molecule has 1 atom stereocenters. The normalized spacial score (nSPS) is 14.4. The van der Waals surface area contributed by atoms with Gasteiger partial charge in [0.1, 0.15) is 18.0 Å². The van der Waals surface area contributed by atoms with Gasteiger partial charge in [-0.3, -0.25) is 28.4 Å². The Kier molecular flexibility index (Phi) is 10.9. The van der Waals surface area contributed by atoms with Crippen molar-refractivity contribution in [3.05, 3.63) is 133 Å². The van der Waals surface area contributed by atoms with Crippen LogP contribution >= 0.6 is 0 Å². The van der Waals surface area contributed by atoms with Crippen LogP contribution in [0.4, 0.5) is 23.2 Å². The summed E-state index contributed by atoms with van der Waals surface area (Å²) in [5.74, 6) is -2.82. The highest BCUT2D eigenvalue weighted by Crippen LogP contribution is 2.33. The molecule has 50 heavy (non-hydrogen) atoms. The standard InChI is InChI=1S/C35H36F4N6O5/c1-22-31(43-15-13-42(14-16-43)19-23-7-5-10-25(17-23)32(48)41-18-30(46)47)33(49)45(21-29(40)24-8-3-2-4-9-24)34(50)44(22)20-26-27(35(37,38)39)11-6-12-28(26)36/h2-12,17,29H,13-16,18-21,40H2,1H3,(H,41,48)(H,46,47). The van der Waals surface area contributed by atoms with E-state index in [1.807, 2.05) is 6.07 Å². The highest BCUT2D eigenvalue weighted by Gasteiger charge is 2.35. The van der Waals surface area contributed by atoms with Gasteiger partial charge in [-0.15, -0.1) is 0 Å². The van der Waals surface area contributed by atoms with E-state index in [2.05, 4.69) is 10.2 Å². The number of carbonyl (C=O) groups excluding carboxylic acids is 1. The molecule has 1 aliphatic heterocycles. The molecule has 2 heterocycles. The maximum Gasteiger partial charge on any atom is 0.416 e. The van der Waals surface area contributed by atoms with Crippen molar-refractivity contribution in [2.75, 3.05) is 37.6 Å². The van der Waals surface area contributed by atoms with Crippen LogP contribution in [0.15, 0.2) is 82.4 Å². The Hall–Kier alpha value is -5.28. The summed E-state index contributed by atoms with van der Waals surface area (Å²) in [5, 5.41) is 11.2. The third-order valence-electron chi connectivity index (χ3n) is 8.69. The highest BCUT2D eigenvalue weighted by molar-refractivity contribution is 5.95. The zero-order valence-electron chi connectivity index (χ0n) is 27.1. The van der Waals surface area contributed by atoms with Crippen molar-refractivity contribution in [2.24, 2.45) is 5.73 Å². The largest absolute Gasteiger partial charge is 0.480 e. The van der Waals surface area contributed by atoms with Gasteiger partial charge in [-0.25, -0.2) is 9.18 Å². The van der Waals surface area contributed by atoms with E-state index in [1.165, 1.54) is 6.92 Å². The fraction of sp³-hybridized carbons (Fsp3) is 0.314. The lowest BCUT2D eigenvalue weighted by Crippen LogP contribution is -2.51. The summed E-state index contributed by atoms with van der Waals surface area (Å²) >= 11 is 0. The van der Waals surface area contributed by atoms with Gasteiger partial charge in [0.2, 0.25) is 0 Å². The van der Waals surface area contributed by atoms with Crippen molar-refractivity contribution in [3.63, 3.8) is 0 Å². The first-order valence-corrected chi connectivity index (χ1v) is 15.8. The Morgan fingerprint density at radius 1 is 0.920 bits per heavy atom. The van der Waals surface area contributed by atoms with Crippen molar-refractivity contribution < 1.29 is 32.3 Å². The number of alkyl halides is 3. The molecule has 1 aromatic heterocycles. The number of anilines is 1. The van der Waals surface area contributed by atoms with E-state index in [1.54, 1.807) is 53.4 Å². The molecule has 11 nitrogen and oxygen atoms in total. The van der Waals surface area contributed by atoms with Gasteiger partial charge in [-0.2, -0.15) is 13.2 Å². The molecular formula is C35H36F4N6O5. The molecule has 0 spiro atoms. The molecule has 0 saturated carbocycles. The van der Waals surface area contributed by atoms with Gasteiger partial charge in [-0.1, -0.05) is 48.5 Å². The number of carbonyl (C=O) groups is 2. The summed E-state index contributed by atoms with van der Waals surface area (Å²) < 4.78 is 58.7. The predicted molar refractivity (Wildman–Crippen MR) is 177 cm³/mol. The summed E-state index contributed by atoms with van der Waals surface area (Å²) in [6.45, 7) is 1.87. The summed E-state index contributed by atoms with van der Waals surface area (Å²) in [6, 6.07) is 17.3. The van der Waals surface area contributed by atoms with Crippen LogP contribution in [0.25, 0.3) is 0 Å². The van der Waals surface area contributed by atoms with Crippen molar-refractivity contribution in [3.8, 4) is 0 Å². The summed E-state index contributed by atoms with van der Waals surface area (Å²) in [6.07, 6.45) is -4.89. The first kappa shape index (κ1) is 36.0. The summed E-state index contributed by atoms with van der Waals surface area (Å²) in [5.41, 5.74) is 4.82. The number of aromatic nitrogens is 2. The number of hydrogen-bond acceptors (Lipinski definition) is 7. The minimum atomic E-state index is -4.89. The van der Waals surface area contributed by atoms with E-state index in [4.69, 9.17) is 10.8 Å². The van der Waals surface area contributed by atoms with Gasteiger partial charge in [0.15, 0.2) is 0 Å². The van der Waals surface area contributed by atoms with Crippen molar-refractivity contribution in [2.45, 2.75) is 38.8 Å². The Balaban J connectivity index is 1.45. The van der Waals surface area contributed by atoms with Crippen LogP contribution in [0.2, 0.25) is 0 Å². The average molecular weight is 697 g/mol. The number of nitrogens with one attached hydrogen (secondary N) is 1. The molecule has 1 unspecified atom stereocenters. The van der Waals surface area contributed by atoms with Crippen LogP contribution in [0.1, 0.15) is 44.3 Å². The smallest absolute Gasteiger partial charge is 0.416 e. The van der Waals surface area contributed by atoms with Gasteiger partial charge in [-0.05, 0) is 42.3 Å². The molecule has 0 radical (unpaired) electrons. The molecule has 3 aromatic carbocycles. The lowest BCUT2D eigenvalue weighted by molar-refractivity contribution is -0.138. The Bertz CT molecular complexity index is 1990. The maximum atomic E-state index is 15.0. The number of carboxylic acid groups (broad SMARTS) is 1. The molecule has 5 rings (SSSR count). The van der Waals surface area contributed by atoms with E-state index in [-0.39, 0.29) is 17.9 Å². The topological polar surface area (TPSA) is 143 Å². The van der Waals surface area contributed by atoms with Crippen LogP contribution in [-0.4, -0.2) is 63.7 Å². The number of hydrogen-bond donors (Lipinski definition) is 3. The first-order chi connectivity index (χ1) is 23.7. The van der Waals surface area contributed by atoms with Crippen LogP contribution in [0.5, 0.6) is 0 Å². The van der Waals surface area contributed by atoms with Gasteiger partial charge >= 0.3 is 17.8 Å². The molecule has 0 bridgehead atoms. The average Bonchev–Trinajstić information content (AvgIpc) is 3.08. The number of nitrogens with two attached hydrogens (primary N) is 1. The molecule has 15 heteroatoms. The minimum Gasteiger partial charge on any atom is -0.480 e. The number of benzene rings is 3. The van der Waals surface area contributed by atoms with Crippen LogP contribution in [0.3, 0.4) is 0 Å². The van der Waals surface area contributed by atoms with E-state index in [0.717, 1.165) is 32.9 Å². The third-order valence-corrected chi connectivity index (χ3v) is 8.69. The summed E-state index contributed by atoms with van der Waals surface area (Å²) in [7, 11) is 0. The van der Waals surface area contributed by atoms with Crippen LogP contribution in [0, 0.1) is 12.7 Å². The number of rotatable bonds is 11. The second-order valence-corrected chi connectivity index (χ2v) is 12.0. The van der Waals surface area contributed by atoms with Crippen molar-refractivity contribution >= 4 is 17.6 Å². The zero-order chi connectivity index (χ0) is 36.2. The quantitative estimate of drug-likeness (QED) is 0.203. The number of piperazine rings is 1. The van der Waals surface area contributed by atoms with Gasteiger partial charge in [0, 0.05) is 55.6 Å². The maximum absolute atomic E-state index is 15.0. The Labute approximate surface area is 284 Å². The van der Waals surface area contributed by atoms with Crippen molar-refractivity contribution in [1.82, 2.24) is 19.4 Å². The number of halogens is 4. The monoisotopic (exact) mass is 696 g/mol. The second kappa shape index (κ2) is 15.1. The van der Waals surface area contributed by atoms with Crippen LogP contribution < -0.4 is 27.2 Å².